The first-order chi connectivity index (χ1) is 14.3. The summed E-state index contributed by atoms with van der Waals surface area (Å²) in [5, 5.41) is 9.59. The van der Waals surface area contributed by atoms with Crippen molar-refractivity contribution in [2.45, 2.75) is 13.5 Å². The number of sulfonamides is 1. The van der Waals surface area contributed by atoms with Gasteiger partial charge in [0.15, 0.2) is 5.82 Å². The van der Waals surface area contributed by atoms with Gasteiger partial charge in [0, 0.05) is 5.56 Å². The van der Waals surface area contributed by atoms with Crippen molar-refractivity contribution in [3.8, 4) is 17.1 Å². The summed E-state index contributed by atoms with van der Waals surface area (Å²) in [6.07, 6.45) is 1.07. The minimum atomic E-state index is -3.63. The Morgan fingerprint density at radius 1 is 1.17 bits per heavy atom. The van der Waals surface area contributed by atoms with Crippen LogP contribution in [0.1, 0.15) is 11.4 Å². The van der Waals surface area contributed by atoms with E-state index in [4.69, 9.17) is 4.74 Å². The molecular weight excluding hydrogens is 406 g/mol. The van der Waals surface area contributed by atoms with Crippen LogP contribution in [0.15, 0.2) is 48.5 Å². The van der Waals surface area contributed by atoms with Gasteiger partial charge in [-0.05, 0) is 42.8 Å². The number of anilines is 1. The maximum atomic E-state index is 12.4. The third-order valence-corrected chi connectivity index (χ3v) is 5.53. The van der Waals surface area contributed by atoms with Crippen LogP contribution in [0.4, 0.5) is 5.69 Å². The van der Waals surface area contributed by atoms with Gasteiger partial charge in [-0.2, -0.15) is 5.10 Å². The van der Waals surface area contributed by atoms with Crippen molar-refractivity contribution in [2.24, 2.45) is 0 Å². The number of methoxy groups -OCH3 is 1. The number of carbonyl (C=O) groups excluding carboxylic acids is 1. The number of aromatic nitrogens is 3. The highest BCUT2D eigenvalue weighted by Gasteiger charge is 2.22. The molecule has 1 heterocycles. The van der Waals surface area contributed by atoms with Crippen LogP contribution < -0.4 is 14.4 Å². The number of rotatable bonds is 8. The highest BCUT2D eigenvalue weighted by molar-refractivity contribution is 7.92. The van der Waals surface area contributed by atoms with Crippen LogP contribution in [-0.2, 0) is 21.4 Å². The smallest absolute Gasteiger partial charge is 0.241 e. The summed E-state index contributed by atoms with van der Waals surface area (Å²) in [5.74, 6) is 1.22. The second-order valence-electron chi connectivity index (χ2n) is 6.67. The zero-order valence-corrected chi connectivity index (χ0v) is 17.7. The molecular formula is C20H23N5O4S. The lowest BCUT2D eigenvalue weighted by molar-refractivity contribution is -0.119. The lowest BCUT2D eigenvalue weighted by Crippen LogP contribution is -2.40. The maximum Gasteiger partial charge on any atom is 0.241 e. The molecule has 1 amide bonds. The van der Waals surface area contributed by atoms with Crippen molar-refractivity contribution in [3.63, 3.8) is 0 Å². The molecule has 3 rings (SSSR count). The van der Waals surface area contributed by atoms with E-state index in [-0.39, 0.29) is 13.1 Å². The normalized spacial score (nSPS) is 11.2. The number of ether oxygens (including phenoxy) is 1. The Balaban J connectivity index is 1.65. The predicted molar refractivity (Wildman–Crippen MR) is 114 cm³/mol. The molecule has 2 N–H and O–H groups in total. The summed E-state index contributed by atoms with van der Waals surface area (Å²) in [5.41, 5.74) is 2.03. The molecule has 0 aliphatic carbocycles. The van der Waals surface area contributed by atoms with E-state index < -0.39 is 15.9 Å². The summed E-state index contributed by atoms with van der Waals surface area (Å²) < 4.78 is 30.6. The number of benzene rings is 2. The Hall–Kier alpha value is -3.40. The Labute approximate surface area is 175 Å². The zero-order chi connectivity index (χ0) is 21.7. The monoisotopic (exact) mass is 429 g/mol. The van der Waals surface area contributed by atoms with Gasteiger partial charge in [-0.1, -0.05) is 18.2 Å². The summed E-state index contributed by atoms with van der Waals surface area (Å²) in [6, 6.07) is 14.3. The van der Waals surface area contributed by atoms with Crippen molar-refractivity contribution >= 4 is 21.6 Å². The molecule has 0 radical (unpaired) electrons. The molecule has 1 aromatic heterocycles. The summed E-state index contributed by atoms with van der Waals surface area (Å²) in [4.78, 5) is 16.8. The Kier molecular flexibility index (Phi) is 6.36. The van der Waals surface area contributed by atoms with E-state index >= 15 is 0 Å². The molecule has 0 atom stereocenters. The lowest BCUT2D eigenvalue weighted by atomic mass is 10.2. The Morgan fingerprint density at radius 2 is 1.87 bits per heavy atom. The fraction of sp³-hybridized carbons (Fsp3) is 0.250. The first-order valence-electron chi connectivity index (χ1n) is 9.13. The van der Waals surface area contributed by atoms with Gasteiger partial charge >= 0.3 is 0 Å². The number of para-hydroxylation sites is 1. The van der Waals surface area contributed by atoms with E-state index in [0.717, 1.165) is 27.4 Å². The summed E-state index contributed by atoms with van der Waals surface area (Å²) in [6.45, 7) is 1.55. The first-order valence-corrected chi connectivity index (χ1v) is 11.0. The topological polar surface area (TPSA) is 117 Å². The van der Waals surface area contributed by atoms with Crippen LogP contribution in [0.25, 0.3) is 11.4 Å². The molecule has 0 spiro atoms. The van der Waals surface area contributed by atoms with Gasteiger partial charge < -0.3 is 10.1 Å². The van der Waals surface area contributed by atoms with Crippen molar-refractivity contribution in [1.29, 1.82) is 0 Å². The number of amides is 1. The summed E-state index contributed by atoms with van der Waals surface area (Å²) >= 11 is 0. The fourth-order valence-corrected chi connectivity index (χ4v) is 3.75. The van der Waals surface area contributed by atoms with Crippen LogP contribution in [0.3, 0.4) is 0 Å². The number of nitrogens with one attached hydrogen (secondary N) is 2. The second-order valence-corrected chi connectivity index (χ2v) is 8.57. The van der Waals surface area contributed by atoms with Crippen molar-refractivity contribution in [1.82, 2.24) is 20.5 Å². The van der Waals surface area contributed by atoms with Gasteiger partial charge in [-0.3, -0.25) is 14.2 Å². The standard InChI is InChI=1S/C20H23N5O4S/c1-14-6-4-5-7-17(14)25(30(3,27)28)13-19(26)21-12-18-22-20(24-23-18)15-8-10-16(29-2)11-9-15/h4-11H,12-13H2,1-3H3,(H,21,26)(H,22,23,24). The predicted octanol–water partition coefficient (Wildman–Crippen LogP) is 1.87. The zero-order valence-electron chi connectivity index (χ0n) is 16.9. The third kappa shape index (κ3) is 5.15. The molecule has 2 aromatic carbocycles. The van der Waals surface area contributed by atoms with Crippen LogP contribution in [0, 0.1) is 6.92 Å². The number of hydrogen-bond donors (Lipinski definition) is 2. The molecule has 10 heteroatoms. The Bertz CT molecular complexity index is 1130. The average molecular weight is 430 g/mol. The average Bonchev–Trinajstić information content (AvgIpc) is 3.19. The van der Waals surface area contributed by atoms with Gasteiger partial charge in [0.25, 0.3) is 0 Å². The maximum absolute atomic E-state index is 12.4. The van der Waals surface area contributed by atoms with E-state index in [1.165, 1.54) is 0 Å². The number of nitrogens with zero attached hydrogens (tertiary/aromatic N) is 3. The Morgan fingerprint density at radius 3 is 2.50 bits per heavy atom. The minimum absolute atomic E-state index is 0.0906. The van der Waals surface area contributed by atoms with Gasteiger partial charge in [0.2, 0.25) is 15.9 Å². The van der Waals surface area contributed by atoms with Gasteiger partial charge in [-0.15, -0.1) is 0 Å². The number of H-pyrrole nitrogens is 1. The van der Waals surface area contributed by atoms with E-state index in [0.29, 0.717) is 17.3 Å². The largest absolute Gasteiger partial charge is 0.497 e. The first kappa shape index (κ1) is 21.3. The van der Waals surface area contributed by atoms with E-state index in [1.54, 1.807) is 44.4 Å². The van der Waals surface area contributed by atoms with E-state index in [1.807, 2.05) is 18.2 Å². The molecule has 0 saturated heterocycles. The van der Waals surface area contributed by atoms with Crippen molar-refractivity contribution < 1.29 is 17.9 Å². The van der Waals surface area contributed by atoms with E-state index in [2.05, 4.69) is 20.5 Å². The second kappa shape index (κ2) is 8.95. The van der Waals surface area contributed by atoms with Crippen molar-refractivity contribution in [2.75, 3.05) is 24.2 Å². The third-order valence-electron chi connectivity index (χ3n) is 4.40. The summed E-state index contributed by atoms with van der Waals surface area (Å²) in [7, 11) is -2.04. The molecule has 9 nitrogen and oxygen atoms in total. The molecule has 0 bridgehead atoms. The highest BCUT2D eigenvalue weighted by atomic mass is 32.2. The van der Waals surface area contributed by atoms with Gasteiger partial charge in [0.05, 0.1) is 25.6 Å². The highest BCUT2D eigenvalue weighted by Crippen LogP contribution is 2.22. The number of aromatic amines is 1. The SMILES string of the molecule is COc1ccc(-c2n[nH]c(CNC(=O)CN(c3ccccc3C)S(C)(=O)=O)n2)cc1. The molecule has 0 aliphatic rings. The van der Waals surface area contributed by atoms with E-state index in [9.17, 15) is 13.2 Å². The van der Waals surface area contributed by atoms with Crippen molar-refractivity contribution in [3.05, 3.63) is 59.9 Å². The number of hydrogen-bond acceptors (Lipinski definition) is 6. The lowest BCUT2D eigenvalue weighted by Gasteiger charge is -2.23. The number of carbonyl (C=O) groups is 1. The molecule has 0 aliphatic heterocycles. The fourth-order valence-electron chi connectivity index (χ4n) is 2.84. The molecule has 0 unspecified atom stereocenters. The van der Waals surface area contributed by atoms with Crippen LogP contribution in [0.5, 0.6) is 5.75 Å². The minimum Gasteiger partial charge on any atom is -0.497 e. The quantitative estimate of drug-likeness (QED) is 0.565. The molecule has 0 fully saturated rings. The molecule has 30 heavy (non-hydrogen) atoms. The van der Waals surface area contributed by atoms with Crippen LogP contribution >= 0.6 is 0 Å². The molecule has 158 valence electrons. The molecule has 0 saturated carbocycles. The number of aryl methyl sites for hydroxylation is 1. The van der Waals surface area contributed by atoms with Gasteiger partial charge in [-0.25, -0.2) is 13.4 Å². The van der Waals surface area contributed by atoms with Crippen LogP contribution in [0.2, 0.25) is 0 Å². The van der Waals surface area contributed by atoms with Crippen LogP contribution in [-0.4, -0.2) is 49.4 Å². The molecule has 3 aromatic rings. The van der Waals surface area contributed by atoms with Gasteiger partial charge in [0.1, 0.15) is 18.1 Å².